The number of hydrogen-bond acceptors (Lipinski definition) is 3. The highest BCUT2D eigenvalue weighted by atomic mass is 19.4. The molecule has 1 aromatic rings. The Morgan fingerprint density at radius 2 is 2.05 bits per heavy atom. The molecule has 1 aromatic carbocycles. The Labute approximate surface area is 126 Å². The molecule has 2 N–H and O–H groups in total. The zero-order chi connectivity index (χ0) is 15.7. The van der Waals surface area contributed by atoms with E-state index in [0.29, 0.717) is 11.7 Å². The maximum atomic E-state index is 12.1. The minimum Gasteiger partial charge on any atom is -0.367 e. The van der Waals surface area contributed by atoms with Gasteiger partial charge in [-0.15, -0.1) is 0 Å². The van der Waals surface area contributed by atoms with E-state index in [-0.39, 0.29) is 12.2 Å². The van der Waals surface area contributed by atoms with Gasteiger partial charge in [-0.05, 0) is 24.1 Å². The van der Waals surface area contributed by atoms with Gasteiger partial charge in [0.05, 0.1) is 18.6 Å². The van der Waals surface area contributed by atoms with Gasteiger partial charge in [-0.25, -0.2) is 0 Å². The van der Waals surface area contributed by atoms with Crippen LogP contribution in [0.4, 0.5) is 18.9 Å². The number of amides is 1. The van der Waals surface area contributed by atoms with Crippen molar-refractivity contribution in [2.75, 3.05) is 11.9 Å². The van der Waals surface area contributed by atoms with Gasteiger partial charge in [0.15, 0.2) is 0 Å². The van der Waals surface area contributed by atoms with Gasteiger partial charge in [-0.2, -0.15) is 13.2 Å². The van der Waals surface area contributed by atoms with Crippen LogP contribution >= 0.6 is 0 Å². The summed E-state index contributed by atoms with van der Waals surface area (Å²) in [7, 11) is 0. The summed E-state index contributed by atoms with van der Waals surface area (Å²) in [6, 6.07) is 7.38. The van der Waals surface area contributed by atoms with Gasteiger partial charge < -0.3 is 15.4 Å². The second-order valence-electron chi connectivity index (χ2n) is 5.71. The van der Waals surface area contributed by atoms with Gasteiger partial charge in [0, 0.05) is 24.7 Å². The van der Waals surface area contributed by atoms with E-state index in [4.69, 9.17) is 4.74 Å². The Kier molecular flexibility index (Phi) is 4.10. The predicted molar refractivity (Wildman–Crippen MR) is 74.4 cm³/mol. The third-order valence-corrected chi connectivity index (χ3v) is 3.99. The number of anilines is 1. The maximum Gasteiger partial charge on any atom is 0.389 e. The average molecular weight is 314 g/mol. The van der Waals surface area contributed by atoms with Crippen LogP contribution in [0, 0.1) is 0 Å². The van der Waals surface area contributed by atoms with Crippen LogP contribution in [0.25, 0.3) is 0 Å². The molecule has 2 saturated heterocycles. The van der Waals surface area contributed by atoms with E-state index in [2.05, 4.69) is 10.6 Å². The van der Waals surface area contributed by atoms with Crippen molar-refractivity contribution in [3.05, 3.63) is 29.8 Å². The van der Waals surface area contributed by atoms with Gasteiger partial charge in [0.25, 0.3) is 0 Å². The third kappa shape index (κ3) is 3.59. The van der Waals surface area contributed by atoms with Crippen LogP contribution in [0.3, 0.4) is 0 Å². The lowest BCUT2D eigenvalue weighted by Crippen LogP contribution is -2.33. The number of carbonyl (C=O) groups is 1. The van der Waals surface area contributed by atoms with Crippen LogP contribution in [-0.2, 0) is 9.53 Å². The minimum absolute atomic E-state index is 0.00808. The molecule has 7 heteroatoms. The Bertz CT molecular complexity index is 545. The first-order valence-corrected chi connectivity index (χ1v) is 7.26. The average Bonchev–Trinajstić information content (AvgIpc) is 3.08. The summed E-state index contributed by atoms with van der Waals surface area (Å²) in [5.41, 5.74) is 1.50. The number of nitrogens with one attached hydrogen (secondary N) is 2. The van der Waals surface area contributed by atoms with E-state index >= 15 is 0 Å². The van der Waals surface area contributed by atoms with Crippen LogP contribution in [0.5, 0.6) is 0 Å². The zero-order valence-corrected chi connectivity index (χ0v) is 11.8. The fourth-order valence-electron chi connectivity index (χ4n) is 2.91. The van der Waals surface area contributed by atoms with Crippen molar-refractivity contribution in [3.8, 4) is 0 Å². The van der Waals surface area contributed by atoms with Crippen molar-refractivity contribution in [2.24, 2.45) is 0 Å². The van der Waals surface area contributed by atoms with Crippen LogP contribution < -0.4 is 10.6 Å². The highest BCUT2D eigenvalue weighted by molar-refractivity contribution is 5.90. The topological polar surface area (TPSA) is 50.4 Å². The molecule has 120 valence electrons. The van der Waals surface area contributed by atoms with E-state index in [0.717, 1.165) is 18.5 Å². The molecule has 0 radical (unpaired) electrons. The fraction of sp³-hybridized carbons (Fsp3) is 0.533. The molecular formula is C15H17F3N2O2. The number of halogens is 3. The number of alkyl halides is 3. The monoisotopic (exact) mass is 314 g/mol. The molecule has 2 aliphatic heterocycles. The molecule has 0 unspecified atom stereocenters. The molecule has 0 saturated carbocycles. The van der Waals surface area contributed by atoms with E-state index < -0.39 is 24.9 Å². The molecule has 0 spiro atoms. The van der Waals surface area contributed by atoms with Crippen molar-refractivity contribution in [3.63, 3.8) is 0 Å². The van der Waals surface area contributed by atoms with Crippen molar-refractivity contribution in [1.29, 1.82) is 0 Å². The Hall–Kier alpha value is -1.60. The van der Waals surface area contributed by atoms with Gasteiger partial charge in [0.2, 0.25) is 5.91 Å². The molecule has 2 heterocycles. The Balaban J connectivity index is 1.54. The summed E-state index contributed by atoms with van der Waals surface area (Å²) in [4.78, 5) is 11.5. The molecular weight excluding hydrogens is 297 g/mol. The van der Waals surface area contributed by atoms with E-state index in [1.54, 1.807) is 12.1 Å². The quantitative estimate of drug-likeness (QED) is 0.898. The lowest BCUT2D eigenvalue weighted by molar-refractivity contribution is -0.142. The third-order valence-electron chi connectivity index (χ3n) is 3.99. The second kappa shape index (κ2) is 5.89. The SMILES string of the molecule is O=C(CCC(F)(F)F)Nc1ccc([C@@H]2O[C@H]3CN[C@@H]2C3)cc1. The molecule has 2 aliphatic rings. The summed E-state index contributed by atoms with van der Waals surface area (Å²) < 4.78 is 42.0. The standard InChI is InChI=1S/C15H17F3N2O2/c16-15(17,18)6-5-13(21)20-10-3-1-9(2-4-10)14-12-7-11(22-14)8-19-12/h1-4,11-12,14,19H,5-8H2,(H,20,21)/t11-,12-,14+/m1/s1. The molecule has 3 atom stereocenters. The largest absolute Gasteiger partial charge is 0.389 e. The summed E-state index contributed by atoms with van der Waals surface area (Å²) in [6.07, 6.45) is -4.72. The van der Waals surface area contributed by atoms with Gasteiger partial charge in [0.1, 0.15) is 0 Å². The molecule has 0 aliphatic carbocycles. The summed E-state index contributed by atoms with van der Waals surface area (Å²) >= 11 is 0. The van der Waals surface area contributed by atoms with E-state index in [1.165, 1.54) is 0 Å². The number of carbonyl (C=O) groups excluding carboxylic acids is 1. The predicted octanol–water partition coefficient (Wildman–Crippen LogP) is 2.77. The van der Waals surface area contributed by atoms with Crippen molar-refractivity contribution in [2.45, 2.75) is 43.7 Å². The molecule has 3 rings (SSSR count). The highest BCUT2D eigenvalue weighted by Crippen LogP contribution is 2.37. The van der Waals surface area contributed by atoms with Gasteiger partial charge in [-0.3, -0.25) is 4.79 Å². The number of hydrogen-bond donors (Lipinski definition) is 2. The molecule has 2 fully saturated rings. The lowest BCUT2D eigenvalue weighted by Gasteiger charge is -2.23. The summed E-state index contributed by atoms with van der Waals surface area (Å²) in [5, 5.41) is 5.85. The first kappa shape index (κ1) is 15.3. The van der Waals surface area contributed by atoms with Gasteiger partial charge >= 0.3 is 6.18 Å². The minimum atomic E-state index is -4.31. The maximum absolute atomic E-state index is 12.1. The van der Waals surface area contributed by atoms with Crippen molar-refractivity contribution >= 4 is 11.6 Å². The second-order valence-corrected chi connectivity index (χ2v) is 5.71. The number of benzene rings is 1. The molecule has 0 aromatic heterocycles. The summed E-state index contributed by atoms with van der Waals surface area (Å²) in [5.74, 6) is -0.636. The first-order valence-electron chi connectivity index (χ1n) is 7.26. The number of rotatable bonds is 4. The normalized spacial score (nSPS) is 27.1. The fourth-order valence-corrected chi connectivity index (χ4v) is 2.91. The smallest absolute Gasteiger partial charge is 0.367 e. The zero-order valence-electron chi connectivity index (χ0n) is 11.8. The Morgan fingerprint density at radius 1 is 1.32 bits per heavy atom. The van der Waals surface area contributed by atoms with Crippen LogP contribution in [0.1, 0.15) is 30.9 Å². The van der Waals surface area contributed by atoms with Gasteiger partial charge in [-0.1, -0.05) is 12.1 Å². The van der Waals surface area contributed by atoms with Crippen LogP contribution in [0.2, 0.25) is 0 Å². The van der Waals surface area contributed by atoms with E-state index in [9.17, 15) is 18.0 Å². The Morgan fingerprint density at radius 3 is 2.59 bits per heavy atom. The van der Waals surface area contributed by atoms with Crippen LogP contribution in [-0.4, -0.2) is 30.8 Å². The molecule has 1 amide bonds. The van der Waals surface area contributed by atoms with Crippen LogP contribution in [0.15, 0.2) is 24.3 Å². The molecule has 4 nitrogen and oxygen atoms in total. The molecule has 22 heavy (non-hydrogen) atoms. The van der Waals surface area contributed by atoms with Crippen molar-refractivity contribution < 1.29 is 22.7 Å². The van der Waals surface area contributed by atoms with E-state index in [1.807, 2.05) is 12.1 Å². The lowest BCUT2D eigenvalue weighted by atomic mass is 10.0. The number of fused-ring (bicyclic) bond motifs is 2. The number of morpholine rings is 1. The first-order chi connectivity index (χ1) is 10.4. The highest BCUT2D eigenvalue weighted by Gasteiger charge is 2.41. The summed E-state index contributed by atoms with van der Waals surface area (Å²) in [6.45, 7) is 0.883. The number of ether oxygens (including phenoxy) is 1. The van der Waals surface area contributed by atoms with Crippen molar-refractivity contribution in [1.82, 2.24) is 5.32 Å². The molecule has 2 bridgehead atoms.